The third kappa shape index (κ3) is 4.05. The Balaban J connectivity index is 1.47. The van der Waals surface area contributed by atoms with E-state index in [1.165, 1.54) is 0 Å². The van der Waals surface area contributed by atoms with Crippen molar-refractivity contribution in [2.45, 2.75) is 44.2 Å². The molecule has 176 valence electrons. The number of benzene rings is 2. The number of hydrogen-bond donors (Lipinski definition) is 3. The summed E-state index contributed by atoms with van der Waals surface area (Å²) in [6.07, 6.45) is 5.28. The van der Waals surface area contributed by atoms with Crippen LogP contribution in [0.4, 0.5) is 11.4 Å². The minimum Gasteiger partial charge on any atom is -0.390 e. The fourth-order valence-electron chi connectivity index (χ4n) is 4.77. The number of carbonyl (C=O) groups is 1. The summed E-state index contributed by atoms with van der Waals surface area (Å²) in [5, 5.41) is 30.5. The largest absolute Gasteiger partial charge is 0.390 e. The normalized spacial score (nSPS) is 20.5. The van der Waals surface area contributed by atoms with Gasteiger partial charge in [-0.05, 0) is 56.9 Å². The van der Waals surface area contributed by atoms with Gasteiger partial charge in [0.1, 0.15) is 0 Å². The molecule has 8 heteroatoms. The van der Waals surface area contributed by atoms with Crippen molar-refractivity contribution < 1.29 is 19.8 Å². The van der Waals surface area contributed by atoms with Crippen LogP contribution in [-0.2, 0) is 0 Å². The van der Waals surface area contributed by atoms with E-state index in [1.54, 1.807) is 12.1 Å². The molecule has 0 bridgehead atoms. The summed E-state index contributed by atoms with van der Waals surface area (Å²) in [7, 11) is 3.83. The third-order valence-electron chi connectivity index (χ3n) is 6.82. The number of nitrogens with one attached hydrogen (secondary N) is 1. The first-order valence-electron chi connectivity index (χ1n) is 11.6. The highest BCUT2D eigenvalue weighted by molar-refractivity contribution is 6.06. The fraction of sp³-hybridized carbons (Fsp3) is 0.346. The Hall–Kier alpha value is -3.65. The lowest BCUT2D eigenvalue weighted by Gasteiger charge is -2.33. The highest BCUT2D eigenvalue weighted by Gasteiger charge is 2.30. The Kier molecular flexibility index (Phi) is 5.40. The molecule has 1 aliphatic carbocycles. The van der Waals surface area contributed by atoms with E-state index in [2.05, 4.69) is 5.32 Å². The van der Waals surface area contributed by atoms with E-state index < -0.39 is 11.5 Å². The van der Waals surface area contributed by atoms with Gasteiger partial charge in [-0.1, -0.05) is 12.1 Å². The van der Waals surface area contributed by atoms with E-state index >= 15 is 0 Å². The number of anilines is 2. The van der Waals surface area contributed by atoms with E-state index in [0.29, 0.717) is 11.2 Å². The maximum absolute atomic E-state index is 13.1. The Morgan fingerprint density at radius 3 is 2.62 bits per heavy atom. The molecule has 34 heavy (non-hydrogen) atoms. The van der Waals surface area contributed by atoms with Crippen LogP contribution in [0.5, 0.6) is 0 Å². The number of hydrogen-bond acceptors (Lipinski definition) is 5. The van der Waals surface area contributed by atoms with Gasteiger partial charge >= 0.3 is 11.6 Å². The van der Waals surface area contributed by atoms with Crippen molar-refractivity contribution in [3.8, 4) is 0 Å². The zero-order chi connectivity index (χ0) is 24.0. The Labute approximate surface area is 198 Å². The minimum absolute atomic E-state index is 0.147. The summed E-state index contributed by atoms with van der Waals surface area (Å²) in [5.41, 5.74) is 2.43. The van der Waals surface area contributed by atoms with Crippen molar-refractivity contribution in [1.82, 2.24) is 9.78 Å². The van der Waals surface area contributed by atoms with Crippen LogP contribution in [0, 0.1) is 0 Å². The van der Waals surface area contributed by atoms with Crippen molar-refractivity contribution in [2.75, 3.05) is 24.3 Å². The maximum atomic E-state index is 13.1. The number of aromatic nitrogens is 3. The van der Waals surface area contributed by atoms with Crippen molar-refractivity contribution in [2.24, 2.45) is 0 Å². The summed E-state index contributed by atoms with van der Waals surface area (Å²) in [6.45, 7) is 1.90. The summed E-state index contributed by atoms with van der Waals surface area (Å²) in [6, 6.07) is 14.9. The molecule has 1 saturated carbocycles. The number of amides is 1. The zero-order valence-corrected chi connectivity index (χ0v) is 19.7. The molecule has 0 radical (unpaired) electrons. The molecule has 5 rings (SSSR count). The first-order chi connectivity index (χ1) is 16.2. The second-order valence-electron chi connectivity index (χ2n) is 9.70. The number of aliphatic hydroxyl groups is 1. The summed E-state index contributed by atoms with van der Waals surface area (Å²) >= 11 is 0. The molecule has 2 aromatic carbocycles. The Bertz CT molecular complexity index is 1380. The van der Waals surface area contributed by atoms with E-state index in [0.717, 1.165) is 52.4 Å². The van der Waals surface area contributed by atoms with Gasteiger partial charge in [-0.3, -0.25) is 14.7 Å². The first-order valence-corrected chi connectivity index (χ1v) is 11.6. The van der Waals surface area contributed by atoms with Crippen LogP contribution >= 0.6 is 0 Å². The standard InChI is InChI=1S/C26H29N5O3/c1-26(33)12-10-19(11-13-26)30-16-18-14-21(24(29(2)3)15-20(18)28-30)27-25(32)23-9-8-17-6-4-5-7-22(17)31(23)34/h4-9,14-16,19,33H,10-13H2,1-3H3,(H-,27,32,34)/p+1. The van der Waals surface area contributed by atoms with E-state index in [-0.39, 0.29) is 11.7 Å². The quantitative estimate of drug-likeness (QED) is 0.317. The van der Waals surface area contributed by atoms with Gasteiger partial charge in [-0.15, -0.1) is 0 Å². The Morgan fingerprint density at radius 1 is 1.15 bits per heavy atom. The highest BCUT2D eigenvalue weighted by atomic mass is 16.5. The molecular formula is C26H30N5O3+. The van der Waals surface area contributed by atoms with E-state index in [4.69, 9.17) is 5.10 Å². The van der Waals surface area contributed by atoms with E-state index in [1.807, 2.05) is 73.2 Å². The minimum atomic E-state index is -0.592. The van der Waals surface area contributed by atoms with Crippen LogP contribution in [0.15, 0.2) is 54.7 Å². The molecule has 0 atom stereocenters. The molecule has 8 nitrogen and oxygen atoms in total. The number of fused-ring (bicyclic) bond motifs is 2. The fourth-order valence-corrected chi connectivity index (χ4v) is 4.77. The van der Waals surface area contributed by atoms with Crippen LogP contribution in [0.25, 0.3) is 21.8 Å². The van der Waals surface area contributed by atoms with E-state index in [9.17, 15) is 15.1 Å². The average Bonchev–Trinajstić information content (AvgIpc) is 3.21. The molecule has 4 aromatic rings. The van der Waals surface area contributed by atoms with Crippen LogP contribution in [0.2, 0.25) is 0 Å². The van der Waals surface area contributed by atoms with Crippen molar-refractivity contribution >= 4 is 39.1 Å². The third-order valence-corrected chi connectivity index (χ3v) is 6.82. The second kappa shape index (κ2) is 8.29. The molecule has 2 heterocycles. The number of nitrogens with zero attached hydrogens (tertiary/aromatic N) is 4. The molecule has 0 saturated heterocycles. The first kappa shape index (κ1) is 22.2. The van der Waals surface area contributed by atoms with Crippen LogP contribution in [0.3, 0.4) is 0 Å². The average molecular weight is 461 g/mol. The number of para-hydroxylation sites is 1. The molecule has 1 fully saturated rings. The number of carbonyl (C=O) groups excluding carboxylic acids is 1. The lowest BCUT2D eigenvalue weighted by atomic mass is 9.84. The van der Waals surface area contributed by atoms with Gasteiger partial charge in [0, 0.05) is 42.5 Å². The SMILES string of the molecule is CN(C)c1cc2nn(C3CCC(C)(O)CC3)cc2cc1NC(=O)c1ccc2ccccc2[n+]1O. The van der Waals surface area contributed by atoms with Crippen molar-refractivity contribution in [1.29, 1.82) is 0 Å². The van der Waals surface area contributed by atoms with Crippen LogP contribution in [0.1, 0.15) is 49.1 Å². The van der Waals surface area contributed by atoms with Gasteiger partial charge < -0.3 is 15.3 Å². The summed E-state index contributed by atoms with van der Waals surface area (Å²) in [4.78, 5) is 15.1. The van der Waals surface area contributed by atoms with Crippen molar-refractivity contribution in [3.05, 3.63) is 60.4 Å². The van der Waals surface area contributed by atoms with Crippen molar-refractivity contribution in [3.63, 3.8) is 0 Å². The smallest absolute Gasteiger partial charge is 0.325 e. The predicted octanol–water partition coefficient (Wildman–Crippen LogP) is 3.90. The predicted molar refractivity (Wildman–Crippen MR) is 131 cm³/mol. The van der Waals surface area contributed by atoms with Gasteiger partial charge in [0.2, 0.25) is 0 Å². The lowest BCUT2D eigenvalue weighted by Crippen LogP contribution is -2.40. The molecular weight excluding hydrogens is 430 g/mol. The van der Waals surface area contributed by atoms with Gasteiger partial charge in [-0.25, -0.2) is 0 Å². The monoisotopic (exact) mass is 460 g/mol. The molecule has 0 unspecified atom stereocenters. The molecule has 0 aliphatic heterocycles. The molecule has 0 spiro atoms. The molecule has 3 N–H and O–H groups in total. The summed E-state index contributed by atoms with van der Waals surface area (Å²) < 4.78 is 2.92. The van der Waals surface area contributed by atoms with Gasteiger partial charge in [0.05, 0.1) is 33.9 Å². The van der Waals surface area contributed by atoms with Crippen LogP contribution < -0.4 is 14.9 Å². The van der Waals surface area contributed by atoms with Gasteiger partial charge in [0.25, 0.3) is 5.52 Å². The second-order valence-corrected chi connectivity index (χ2v) is 9.70. The highest BCUT2D eigenvalue weighted by Crippen LogP contribution is 2.36. The Morgan fingerprint density at radius 2 is 1.88 bits per heavy atom. The number of rotatable bonds is 4. The van der Waals surface area contributed by atoms with Gasteiger partial charge in [-0.2, -0.15) is 5.10 Å². The maximum Gasteiger partial charge on any atom is 0.325 e. The molecule has 2 aromatic heterocycles. The van der Waals surface area contributed by atoms with Gasteiger partial charge in [0.15, 0.2) is 0 Å². The molecule has 1 amide bonds. The topological polar surface area (TPSA) is 94.5 Å². The zero-order valence-electron chi connectivity index (χ0n) is 19.7. The summed E-state index contributed by atoms with van der Waals surface area (Å²) in [5.74, 6) is -0.405. The lowest BCUT2D eigenvalue weighted by molar-refractivity contribution is -0.885. The van der Waals surface area contributed by atoms with Crippen LogP contribution in [-0.4, -0.2) is 45.7 Å². The molecule has 1 aliphatic rings. The number of pyridine rings is 1.